The van der Waals surface area contributed by atoms with Crippen LogP contribution in [0.5, 0.6) is 5.75 Å². The fourth-order valence-corrected chi connectivity index (χ4v) is 2.54. The van der Waals surface area contributed by atoms with Gasteiger partial charge >= 0.3 is 0 Å². The largest absolute Gasteiger partial charge is 0.494 e. The Hall–Kier alpha value is -3.42. The SMILES string of the molecule is CCOc1ccc(C(=O)NC(C(=O)NNC(=O)c2ccccc2F)C(C)C)cc1. The summed E-state index contributed by atoms with van der Waals surface area (Å²) in [6.07, 6.45) is 0. The average molecular weight is 401 g/mol. The van der Waals surface area contributed by atoms with E-state index in [1.54, 1.807) is 38.1 Å². The van der Waals surface area contributed by atoms with E-state index >= 15 is 0 Å². The Morgan fingerprint density at radius 2 is 1.62 bits per heavy atom. The molecule has 0 radical (unpaired) electrons. The molecule has 0 saturated carbocycles. The van der Waals surface area contributed by atoms with Gasteiger partial charge in [-0.05, 0) is 49.2 Å². The molecule has 2 aromatic carbocycles. The van der Waals surface area contributed by atoms with E-state index in [4.69, 9.17) is 4.74 Å². The summed E-state index contributed by atoms with van der Waals surface area (Å²) < 4.78 is 19.0. The fourth-order valence-electron chi connectivity index (χ4n) is 2.54. The van der Waals surface area contributed by atoms with E-state index in [1.807, 2.05) is 6.92 Å². The molecule has 29 heavy (non-hydrogen) atoms. The molecule has 3 amide bonds. The van der Waals surface area contributed by atoms with Crippen LogP contribution in [0.3, 0.4) is 0 Å². The van der Waals surface area contributed by atoms with Gasteiger partial charge in [0.05, 0.1) is 12.2 Å². The third kappa shape index (κ3) is 6.03. The van der Waals surface area contributed by atoms with Crippen molar-refractivity contribution in [2.45, 2.75) is 26.8 Å². The molecule has 0 bridgehead atoms. The van der Waals surface area contributed by atoms with E-state index in [0.29, 0.717) is 17.9 Å². The number of carbonyl (C=O) groups excluding carboxylic acids is 3. The van der Waals surface area contributed by atoms with Gasteiger partial charge in [-0.2, -0.15) is 0 Å². The molecular formula is C21H24FN3O4. The van der Waals surface area contributed by atoms with Gasteiger partial charge < -0.3 is 10.1 Å². The van der Waals surface area contributed by atoms with Gasteiger partial charge in [0.25, 0.3) is 17.7 Å². The molecule has 1 atom stereocenters. The van der Waals surface area contributed by atoms with E-state index in [2.05, 4.69) is 16.2 Å². The van der Waals surface area contributed by atoms with Crippen LogP contribution < -0.4 is 20.9 Å². The molecule has 7 nitrogen and oxygen atoms in total. The maximum absolute atomic E-state index is 13.6. The first kappa shape index (κ1) is 21.9. The second-order valence-corrected chi connectivity index (χ2v) is 6.58. The van der Waals surface area contributed by atoms with Crippen LogP contribution >= 0.6 is 0 Å². The average Bonchev–Trinajstić information content (AvgIpc) is 2.70. The lowest BCUT2D eigenvalue weighted by atomic mass is 10.0. The Labute approximate surface area is 168 Å². The molecule has 0 aromatic heterocycles. The molecule has 154 valence electrons. The van der Waals surface area contributed by atoms with Crippen LogP contribution in [-0.4, -0.2) is 30.4 Å². The summed E-state index contributed by atoms with van der Waals surface area (Å²) >= 11 is 0. The van der Waals surface area contributed by atoms with Crippen molar-refractivity contribution in [3.8, 4) is 5.75 Å². The molecule has 3 N–H and O–H groups in total. The minimum absolute atomic E-state index is 0.202. The van der Waals surface area contributed by atoms with Crippen LogP contribution in [-0.2, 0) is 4.79 Å². The lowest BCUT2D eigenvalue weighted by molar-refractivity contribution is -0.124. The number of nitrogens with one attached hydrogen (secondary N) is 3. The molecule has 2 aromatic rings. The molecule has 1 unspecified atom stereocenters. The van der Waals surface area contributed by atoms with Crippen molar-refractivity contribution in [2.75, 3.05) is 6.61 Å². The molecule has 0 aliphatic carbocycles. The molecule has 0 saturated heterocycles. The third-order valence-electron chi connectivity index (χ3n) is 4.08. The number of rotatable bonds is 7. The number of carbonyl (C=O) groups is 3. The van der Waals surface area contributed by atoms with Crippen LogP contribution in [0.4, 0.5) is 4.39 Å². The quantitative estimate of drug-likeness (QED) is 0.621. The maximum atomic E-state index is 13.6. The van der Waals surface area contributed by atoms with Crippen molar-refractivity contribution >= 4 is 17.7 Å². The molecule has 2 rings (SSSR count). The van der Waals surface area contributed by atoms with Crippen molar-refractivity contribution in [1.82, 2.24) is 16.2 Å². The Balaban J connectivity index is 1.99. The van der Waals surface area contributed by atoms with Crippen molar-refractivity contribution in [3.63, 3.8) is 0 Å². The summed E-state index contributed by atoms with van der Waals surface area (Å²) in [6, 6.07) is 11.0. The van der Waals surface area contributed by atoms with Crippen LogP contribution in [0.25, 0.3) is 0 Å². The Kier molecular flexibility index (Phi) is 7.70. The van der Waals surface area contributed by atoms with Gasteiger partial charge in [-0.25, -0.2) is 4.39 Å². The number of hydrogen-bond acceptors (Lipinski definition) is 4. The smallest absolute Gasteiger partial charge is 0.272 e. The van der Waals surface area contributed by atoms with E-state index in [-0.39, 0.29) is 11.5 Å². The van der Waals surface area contributed by atoms with E-state index in [1.165, 1.54) is 18.2 Å². The normalized spacial score (nSPS) is 11.5. The van der Waals surface area contributed by atoms with Gasteiger partial charge in [0, 0.05) is 5.56 Å². The van der Waals surface area contributed by atoms with E-state index in [9.17, 15) is 18.8 Å². The van der Waals surface area contributed by atoms with Crippen LogP contribution in [0, 0.1) is 11.7 Å². The molecule has 8 heteroatoms. The summed E-state index contributed by atoms with van der Waals surface area (Å²) in [4.78, 5) is 37.0. The standard InChI is InChI=1S/C21H24FN3O4/c1-4-29-15-11-9-14(10-12-15)19(26)23-18(13(2)3)21(28)25-24-20(27)16-7-5-6-8-17(16)22/h5-13,18H,4H2,1-3H3,(H,23,26)(H,24,27)(H,25,28). The number of amides is 3. The minimum Gasteiger partial charge on any atom is -0.494 e. The topological polar surface area (TPSA) is 96.5 Å². The minimum atomic E-state index is -0.907. The van der Waals surface area contributed by atoms with Gasteiger partial charge in [-0.15, -0.1) is 0 Å². The second-order valence-electron chi connectivity index (χ2n) is 6.58. The van der Waals surface area contributed by atoms with Gasteiger partial charge in [0.2, 0.25) is 0 Å². The lowest BCUT2D eigenvalue weighted by Gasteiger charge is -2.22. The zero-order valence-electron chi connectivity index (χ0n) is 16.5. The highest BCUT2D eigenvalue weighted by atomic mass is 19.1. The zero-order chi connectivity index (χ0) is 21.4. The first-order chi connectivity index (χ1) is 13.8. The predicted octanol–water partition coefficient (Wildman–Crippen LogP) is 2.44. The van der Waals surface area contributed by atoms with Crippen LogP contribution in [0.2, 0.25) is 0 Å². The van der Waals surface area contributed by atoms with Crippen molar-refractivity contribution in [3.05, 3.63) is 65.5 Å². The van der Waals surface area contributed by atoms with Crippen molar-refractivity contribution in [2.24, 2.45) is 5.92 Å². The Morgan fingerprint density at radius 1 is 0.966 bits per heavy atom. The molecule has 0 aliphatic heterocycles. The van der Waals surface area contributed by atoms with Crippen LogP contribution in [0.15, 0.2) is 48.5 Å². The van der Waals surface area contributed by atoms with Gasteiger partial charge in [-0.1, -0.05) is 26.0 Å². The third-order valence-corrected chi connectivity index (χ3v) is 4.08. The van der Waals surface area contributed by atoms with Gasteiger partial charge in [-0.3, -0.25) is 25.2 Å². The highest BCUT2D eigenvalue weighted by molar-refractivity contribution is 5.99. The molecular weight excluding hydrogens is 377 g/mol. The molecule has 0 spiro atoms. The fraction of sp³-hybridized carbons (Fsp3) is 0.286. The molecule has 0 fully saturated rings. The monoisotopic (exact) mass is 401 g/mol. The summed E-state index contributed by atoms with van der Waals surface area (Å²) in [7, 11) is 0. The summed E-state index contributed by atoms with van der Waals surface area (Å²) in [5.74, 6) is -2.18. The van der Waals surface area contributed by atoms with Gasteiger partial charge in [0.1, 0.15) is 17.6 Å². The number of halogens is 1. The van der Waals surface area contributed by atoms with E-state index in [0.717, 1.165) is 6.07 Å². The highest BCUT2D eigenvalue weighted by Gasteiger charge is 2.25. The second kappa shape index (κ2) is 10.2. The predicted molar refractivity (Wildman–Crippen MR) is 106 cm³/mol. The number of hydrogen-bond donors (Lipinski definition) is 3. The lowest BCUT2D eigenvalue weighted by Crippen LogP contribution is -2.54. The highest BCUT2D eigenvalue weighted by Crippen LogP contribution is 2.13. The molecule has 0 aliphatic rings. The van der Waals surface area contributed by atoms with Crippen molar-refractivity contribution < 1.29 is 23.5 Å². The number of benzene rings is 2. The Bertz CT molecular complexity index is 868. The first-order valence-corrected chi connectivity index (χ1v) is 9.22. The summed E-state index contributed by atoms with van der Waals surface area (Å²) in [5, 5.41) is 2.64. The van der Waals surface area contributed by atoms with Crippen LogP contribution in [0.1, 0.15) is 41.5 Å². The zero-order valence-corrected chi connectivity index (χ0v) is 16.5. The van der Waals surface area contributed by atoms with Gasteiger partial charge in [0.15, 0.2) is 0 Å². The summed E-state index contributed by atoms with van der Waals surface area (Å²) in [5.41, 5.74) is 4.56. The Morgan fingerprint density at radius 3 is 2.21 bits per heavy atom. The van der Waals surface area contributed by atoms with E-state index < -0.39 is 29.6 Å². The molecule has 0 heterocycles. The first-order valence-electron chi connectivity index (χ1n) is 9.22. The van der Waals surface area contributed by atoms with Crippen molar-refractivity contribution in [1.29, 1.82) is 0 Å². The number of ether oxygens (including phenoxy) is 1. The summed E-state index contributed by atoms with van der Waals surface area (Å²) in [6.45, 7) is 5.87. The number of hydrazine groups is 1. The maximum Gasteiger partial charge on any atom is 0.272 e.